The quantitative estimate of drug-likeness (QED) is 0.234. The van der Waals surface area contributed by atoms with Gasteiger partial charge in [0.25, 0.3) is 0 Å². The van der Waals surface area contributed by atoms with Crippen LogP contribution in [0.2, 0.25) is 0 Å². The van der Waals surface area contributed by atoms with Crippen molar-refractivity contribution in [3.05, 3.63) is 70.7 Å². The molecule has 4 rings (SSSR count). The molecule has 0 saturated carbocycles. The first kappa shape index (κ1) is 27.8. The number of hydrogen-bond donors (Lipinski definition) is 1. The molecule has 0 radical (unpaired) electrons. The second-order valence-electron chi connectivity index (χ2n) is 10.0. The van der Waals surface area contributed by atoms with Gasteiger partial charge in [0, 0.05) is 23.2 Å². The van der Waals surface area contributed by atoms with Crippen molar-refractivity contribution in [3.8, 4) is 5.75 Å². The van der Waals surface area contributed by atoms with Gasteiger partial charge in [0.1, 0.15) is 18.2 Å². The van der Waals surface area contributed by atoms with Gasteiger partial charge in [-0.05, 0) is 100.0 Å². The van der Waals surface area contributed by atoms with Crippen molar-refractivity contribution in [2.45, 2.75) is 51.6 Å². The van der Waals surface area contributed by atoms with E-state index in [0.29, 0.717) is 75.5 Å². The molecule has 1 aliphatic rings. The third kappa shape index (κ3) is 6.09. The summed E-state index contributed by atoms with van der Waals surface area (Å²) in [5.74, 6) is -3.20. The number of carboxylic acid groups (broad SMARTS) is 1. The maximum atomic E-state index is 13.9. The summed E-state index contributed by atoms with van der Waals surface area (Å²) in [5.41, 5.74) is 1.20. The molecule has 1 aromatic heterocycles. The van der Waals surface area contributed by atoms with E-state index < -0.39 is 35.5 Å². The first-order valence-corrected chi connectivity index (χ1v) is 12.9. The molecule has 0 atom stereocenters. The predicted molar refractivity (Wildman–Crippen MR) is 136 cm³/mol. The molecule has 0 bridgehead atoms. The number of carbonyl (C=O) groups is 1. The minimum Gasteiger partial charge on any atom is -0.497 e. The highest BCUT2D eigenvalue weighted by Crippen LogP contribution is 2.38. The summed E-state index contributed by atoms with van der Waals surface area (Å²) in [7, 11) is 1.57. The van der Waals surface area contributed by atoms with Gasteiger partial charge in [0.05, 0.1) is 18.0 Å². The number of ether oxygens (including phenoxy) is 1. The lowest BCUT2D eigenvalue weighted by Gasteiger charge is -2.39. The molecule has 1 N–H and O–H groups in total. The average Bonchev–Trinajstić information content (AvgIpc) is 2.91. The molecule has 38 heavy (non-hydrogen) atoms. The van der Waals surface area contributed by atoms with Crippen LogP contribution in [0.4, 0.5) is 17.6 Å². The Balaban J connectivity index is 1.35. The van der Waals surface area contributed by atoms with Crippen LogP contribution < -0.4 is 4.74 Å². The number of aromatic nitrogens is 1. The van der Waals surface area contributed by atoms with E-state index in [2.05, 4.69) is 9.88 Å². The third-order valence-electron chi connectivity index (χ3n) is 7.76. The third-order valence-corrected chi connectivity index (χ3v) is 7.76. The number of aryl methyl sites for hydroxylation is 2. The van der Waals surface area contributed by atoms with Gasteiger partial charge in [-0.3, -0.25) is 9.78 Å². The molecule has 0 unspecified atom stereocenters. The predicted octanol–water partition coefficient (Wildman–Crippen LogP) is 6.25. The highest BCUT2D eigenvalue weighted by Gasteiger charge is 2.40. The fraction of sp³-hybridized carbons (Fsp3) is 0.448. The van der Waals surface area contributed by atoms with Gasteiger partial charge in [0.2, 0.25) is 0 Å². The Labute approximate surface area is 219 Å². The van der Waals surface area contributed by atoms with Crippen molar-refractivity contribution in [3.63, 3.8) is 0 Å². The van der Waals surface area contributed by atoms with Gasteiger partial charge in [-0.2, -0.15) is 0 Å². The normalized spacial score (nSPS) is 15.6. The number of carboxylic acids is 1. The first-order chi connectivity index (χ1) is 18.3. The molecule has 1 saturated heterocycles. The van der Waals surface area contributed by atoms with Gasteiger partial charge in [0.15, 0.2) is 11.6 Å². The molecule has 9 heteroatoms. The highest BCUT2D eigenvalue weighted by atomic mass is 19.2. The number of aliphatic carboxylic acids is 1. The van der Waals surface area contributed by atoms with E-state index in [0.717, 1.165) is 22.5 Å². The number of pyridine rings is 1. The van der Waals surface area contributed by atoms with E-state index in [4.69, 9.17) is 4.74 Å². The molecule has 3 aromatic rings. The molecule has 0 aliphatic carbocycles. The molecule has 2 heterocycles. The standard InChI is InChI=1S/C29H32F4N2O3/c1-38-22-6-7-26-24(16-22)23(20(17-30)18-34-26)5-2-8-29(28(36)37)9-12-35(13-10-29)11-3-4-19-14-21(31)15-25(32)27(19)33/h6-7,14-16,18H,2-5,8-13,17H2,1H3,(H,36,37). The summed E-state index contributed by atoms with van der Waals surface area (Å²) >= 11 is 0. The molecule has 2 aromatic carbocycles. The minimum atomic E-state index is -1.19. The van der Waals surface area contributed by atoms with Crippen molar-refractivity contribution in [1.29, 1.82) is 0 Å². The summed E-state index contributed by atoms with van der Waals surface area (Å²) in [6.45, 7) is 1.06. The number of piperidine rings is 1. The van der Waals surface area contributed by atoms with Crippen LogP contribution in [0.1, 0.15) is 48.8 Å². The summed E-state index contributed by atoms with van der Waals surface area (Å²) < 4.78 is 59.8. The topological polar surface area (TPSA) is 62.7 Å². The van der Waals surface area contributed by atoms with Crippen LogP contribution in [-0.4, -0.2) is 47.7 Å². The Morgan fingerprint density at radius 3 is 2.53 bits per heavy atom. The van der Waals surface area contributed by atoms with Crippen LogP contribution in [0.5, 0.6) is 5.75 Å². The van der Waals surface area contributed by atoms with Gasteiger partial charge >= 0.3 is 5.97 Å². The lowest BCUT2D eigenvalue weighted by atomic mass is 9.74. The second-order valence-corrected chi connectivity index (χ2v) is 10.0. The van der Waals surface area contributed by atoms with Gasteiger partial charge < -0.3 is 14.7 Å². The van der Waals surface area contributed by atoms with Crippen LogP contribution in [-0.2, 0) is 24.3 Å². The van der Waals surface area contributed by atoms with Crippen molar-refractivity contribution in [2.75, 3.05) is 26.7 Å². The average molecular weight is 533 g/mol. The maximum absolute atomic E-state index is 13.9. The van der Waals surface area contributed by atoms with Crippen molar-refractivity contribution in [2.24, 2.45) is 5.41 Å². The van der Waals surface area contributed by atoms with E-state index in [-0.39, 0.29) is 12.0 Å². The smallest absolute Gasteiger partial charge is 0.309 e. The van der Waals surface area contributed by atoms with E-state index in [9.17, 15) is 27.5 Å². The first-order valence-electron chi connectivity index (χ1n) is 12.9. The van der Waals surface area contributed by atoms with Crippen LogP contribution >= 0.6 is 0 Å². The molecule has 5 nitrogen and oxygen atoms in total. The second kappa shape index (κ2) is 12.1. The number of halogens is 4. The number of rotatable bonds is 11. The summed E-state index contributed by atoms with van der Waals surface area (Å²) in [6, 6.07) is 7.01. The van der Waals surface area contributed by atoms with Crippen molar-refractivity contribution < 1.29 is 32.2 Å². The lowest BCUT2D eigenvalue weighted by molar-refractivity contribution is -0.152. The fourth-order valence-corrected chi connectivity index (χ4v) is 5.47. The molecule has 0 spiro atoms. The zero-order valence-corrected chi connectivity index (χ0v) is 21.4. The maximum Gasteiger partial charge on any atom is 0.309 e. The number of likely N-dealkylation sites (tertiary alicyclic amines) is 1. The molecule has 204 valence electrons. The number of fused-ring (bicyclic) bond motifs is 1. The summed E-state index contributed by atoms with van der Waals surface area (Å²) in [4.78, 5) is 18.8. The van der Waals surface area contributed by atoms with E-state index in [1.54, 1.807) is 19.4 Å². The van der Waals surface area contributed by atoms with Crippen LogP contribution in [0.15, 0.2) is 36.5 Å². The minimum absolute atomic E-state index is 0.00768. The Kier molecular flexibility index (Phi) is 8.87. The van der Waals surface area contributed by atoms with Crippen LogP contribution in [0.25, 0.3) is 10.9 Å². The number of nitrogens with zero attached hydrogens (tertiary/aromatic N) is 2. The molecular weight excluding hydrogens is 500 g/mol. The Morgan fingerprint density at radius 1 is 1.08 bits per heavy atom. The Bertz CT molecular complexity index is 1290. The summed E-state index contributed by atoms with van der Waals surface area (Å²) in [6.07, 6.45) is 4.74. The molecule has 1 fully saturated rings. The van der Waals surface area contributed by atoms with E-state index in [1.165, 1.54) is 0 Å². The molecule has 1 aliphatic heterocycles. The SMILES string of the molecule is COc1ccc2ncc(CF)c(CCCC3(C(=O)O)CCN(CCCc4cc(F)cc(F)c4F)CC3)c2c1. The van der Waals surface area contributed by atoms with Crippen molar-refractivity contribution in [1.82, 2.24) is 9.88 Å². The zero-order valence-electron chi connectivity index (χ0n) is 21.4. The van der Waals surface area contributed by atoms with Crippen LogP contribution in [0, 0.1) is 22.9 Å². The zero-order chi connectivity index (χ0) is 27.3. The number of benzene rings is 2. The molecular formula is C29H32F4N2O3. The van der Waals surface area contributed by atoms with E-state index >= 15 is 0 Å². The van der Waals surface area contributed by atoms with Gasteiger partial charge in [-0.1, -0.05) is 0 Å². The highest BCUT2D eigenvalue weighted by molar-refractivity contribution is 5.84. The van der Waals surface area contributed by atoms with Gasteiger partial charge in [-0.15, -0.1) is 0 Å². The summed E-state index contributed by atoms with van der Waals surface area (Å²) in [5, 5.41) is 10.9. The lowest BCUT2D eigenvalue weighted by Crippen LogP contribution is -2.44. The Morgan fingerprint density at radius 2 is 1.84 bits per heavy atom. The van der Waals surface area contributed by atoms with E-state index in [1.807, 2.05) is 12.1 Å². The van der Waals surface area contributed by atoms with Crippen molar-refractivity contribution >= 4 is 16.9 Å². The molecule has 0 amide bonds. The Hall–Kier alpha value is -3.20. The monoisotopic (exact) mass is 532 g/mol. The number of alkyl halides is 1. The number of methoxy groups -OCH3 is 1. The fourth-order valence-electron chi connectivity index (χ4n) is 5.47. The largest absolute Gasteiger partial charge is 0.497 e. The van der Waals surface area contributed by atoms with Crippen LogP contribution in [0.3, 0.4) is 0 Å². The van der Waals surface area contributed by atoms with Gasteiger partial charge in [-0.25, -0.2) is 17.6 Å². The number of hydrogen-bond acceptors (Lipinski definition) is 4.